The molecule has 0 aliphatic heterocycles. The second-order valence-electron chi connectivity index (χ2n) is 6.29. The fraction of sp³-hybridized carbons (Fsp3) is 1.00. The monoisotopic (exact) mass is 336 g/mol. The molecule has 0 aromatic rings. The van der Waals surface area contributed by atoms with Crippen LogP contribution in [0.2, 0.25) is 0 Å². The van der Waals surface area contributed by atoms with Crippen molar-refractivity contribution >= 4 is 20.0 Å². The van der Waals surface area contributed by atoms with Crippen molar-refractivity contribution in [3.05, 3.63) is 0 Å². The summed E-state index contributed by atoms with van der Waals surface area (Å²) in [7, 11) is -2.46. The molecule has 0 aromatic carbocycles. The molecule has 0 fully saturated rings. The van der Waals surface area contributed by atoms with Gasteiger partial charge in [-0.2, -0.15) is 0 Å². The number of rotatable bonds is 15. The average Bonchev–Trinajstić information content (AvgIpc) is 2.38. The van der Waals surface area contributed by atoms with E-state index in [1.807, 2.05) is 6.92 Å². The first-order chi connectivity index (χ1) is 9.95. The van der Waals surface area contributed by atoms with Crippen molar-refractivity contribution in [3.63, 3.8) is 0 Å². The van der Waals surface area contributed by atoms with E-state index in [0.29, 0.717) is 0 Å². The Labute approximate surface area is 138 Å². The molecule has 0 rings (SSSR count). The molecule has 0 N–H and O–H groups in total. The Balaban J connectivity index is 3.19. The van der Waals surface area contributed by atoms with Crippen LogP contribution in [0.1, 0.15) is 97.3 Å². The third-order valence-electron chi connectivity index (χ3n) is 3.80. The number of hydrogen-bond donors (Lipinski definition) is 0. The minimum Gasteiger partial charge on any atom is -0.287 e. The van der Waals surface area contributed by atoms with Crippen molar-refractivity contribution in [1.29, 1.82) is 0 Å². The molecule has 4 heteroatoms. The molecule has 128 valence electrons. The lowest BCUT2D eigenvalue weighted by molar-refractivity contribution is 0.230. The molecular weight excluding hydrogens is 300 g/mol. The van der Waals surface area contributed by atoms with Gasteiger partial charge in [-0.1, -0.05) is 84.0 Å². The predicted octanol–water partition coefficient (Wildman–Crippen LogP) is 5.77. The molecular formula is C17H36O2S2. The van der Waals surface area contributed by atoms with Gasteiger partial charge in [0.15, 0.2) is 0 Å². The van der Waals surface area contributed by atoms with E-state index in [1.165, 1.54) is 76.9 Å². The highest BCUT2D eigenvalue weighted by Gasteiger charge is 2.06. The lowest BCUT2D eigenvalue weighted by Gasteiger charge is -2.12. The first kappa shape index (κ1) is 21.3. The van der Waals surface area contributed by atoms with E-state index >= 15 is 0 Å². The average molecular weight is 337 g/mol. The molecule has 2 unspecified atom stereocenters. The molecule has 0 amide bonds. The van der Waals surface area contributed by atoms with Gasteiger partial charge in [0, 0.05) is 17.4 Å². The third kappa shape index (κ3) is 18.3. The second kappa shape index (κ2) is 14.0. The summed E-state index contributed by atoms with van der Waals surface area (Å²) < 4.78 is 16.6. The van der Waals surface area contributed by atoms with Crippen LogP contribution >= 0.6 is 0 Å². The zero-order valence-electron chi connectivity index (χ0n) is 14.4. The van der Waals surface area contributed by atoms with Gasteiger partial charge in [-0.3, -0.25) is 4.18 Å². The molecule has 0 aromatic heterocycles. The van der Waals surface area contributed by atoms with Crippen LogP contribution in [0.4, 0.5) is 0 Å². The van der Waals surface area contributed by atoms with E-state index in [1.54, 1.807) is 0 Å². The SMILES string of the molecule is CCCCCCCCCCCCCCC(C)OS(C)(=O)=S. The molecule has 0 heterocycles. The third-order valence-corrected chi connectivity index (χ3v) is 4.72. The van der Waals surface area contributed by atoms with Crippen molar-refractivity contribution in [3.8, 4) is 0 Å². The summed E-state index contributed by atoms with van der Waals surface area (Å²) >= 11 is 4.76. The van der Waals surface area contributed by atoms with Crippen LogP contribution in [-0.2, 0) is 24.1 Å². The van der Waals surface area contributed by atoms with Gasteiger partial charge in [0.25, 0.3) is 0 Å². The van der Waals surface area contributed by atoms with Crippen molar-refractivity contribution < 1.29 is 8.39 Å². The van der Waals surface area contributed by atoms with Crippen LogP contribution in [0.5, 0.6) is 0 Å². The van der Waals surface area contributed by atoms with Crippen molar-refractivity contribution in [2.45, 2.75) is 103 Å². The molecule has 0 saturated carbocycles. The molecule has 21 heavy (non-hydrogen) atoms. The maximum Gasteiger partial charge on any atom is 0.141 e. The molecule has 0 spiro atoms. The highest BCUT2D eigenvalue weighted by atomic mass is 32.8. The maximum atomic E-state index is 11.3. The zero-order valence-corrected chi connectivity index (χ0v) is 16.0. The fourth-order valence-electron chi connectivity index (χ4n) is 2.62. The van der Waals surface area contributed by atoms with Crippen molar-refractivity contribution in [2.24, 2.45) is 0 Å². The topological polar surface area (TPSA) is 26.3 Å². The van der Waals surface area contributed by atoms with E-state index in [0.717, 1.165) is 12.8 Å². The molecule has 2 atom stereocenters. The quantitative estimate of drug-likeness (QED) is 0.355. The summed E-state index contributed by atoms with van der Waals surface area (Å²) in [5, 5.41) is 0. The van der Waals surface area contributed by atoms with Crippen molar-refractivity contribution in [2.75, 3.05) is 6.26 Å². The molecule has 0 aliphatic carbocycles. The summed E-state index contributed by atoms with van der Waals surface area (Å²) in [6.45, 7) is 4.23. The number of hydrogen-bond acceptors (Lipinski definition) is 3. The summed E-state index contributed by atoms with van der Waals surface area (Å²) in [6.07, 6.45) is 18.8. The van der Waals surface area contributed by atoms with E-state index in [-0.39, 0.29) is 6.10 Å². The lowest BCUT2D eigenvalue weighted by atomic mass is 10.0. The molecule has 0 aliphatic rings. The highest BCUT2D eigenvalue weighted by Crippen LogP contribution is 2.14. The van der Waals surface area contributed by atoms with Crippen LogP contribution in [0.3, 0.4) is 0 Å². The molecule has 0 bridgehead atoms. The Hall–Kier alpha value is 0.330. The van der Waals surface area contributed by atoms with Gasteiger partial charge in [0.05, 0.1) is 6.10 Å². The standard InChI is InChI=1S/C17H36O2S2/c1-4-5-6-7-8-9-10-11-12-13-14-15-16-17(2)19-21(3,18)20/h17H,4-16H2,1-3H3. The normalized spacial score (nSPS) is 15.8. The van der Waals surface area contributed by atoms with Gasteiger partial charge in [0.2, 0.25) is 0 Å². The van der Waals surface area contributed by atoms with Gasteiger partial charge >= 0.3 is 0 Å². The maximum absolute atomic E-state index is 11.3. The summed E-state index contributed by atoms with van der Waals surface area (Å²) in [6, 6.07) is 0. The minimum absolute atomic E-state index is 0.0307. The lowest BCUT2D eigenvalue weighted by Crippen LogP contribution is -2.12. The Morgan fingerprint density at radius 2 is 1.24 bits per heavy atom. The Morgan fingerprint density at radius 1 is 0.857 bits per heavy atom. The molecule has 0 radical (unpaired) electrons. The fourth-order valence-corrected chi connectivity index (χ4v) is 3.71. The predicted molar refractivity (Wildman–Crippen MR) is 97.7 cm³/mol. The van der Waals surface area contributed by atoms with Gasteiger partial charge < -0.3 is 0 Å². The van der Waals surface area contributed by atoms with Gasteiger partial charge in [-0.25, -0.2) is 4.21 Å². The molecule has 0 saturated heterocycles. The highest BCUT2D eigenvalue weighted by molar-refractivity contribution is 8.29. The summed E-state index contributed by atoms with van der Waals surface area (Å²) in [5.41, 5.74) is 0. The number of unbranched alkanes of at least 4 members (excludes halogenated alkanes) is 11. The van der Waals surface area contributed by atoms with Gasteiger partial charge in [-0.05, 0) is 13.3 Å². The summed E-state index contributed by atoms with van der Waals surface area (Å²) in [5.74, 6) is 0. The van der Waals surface area contributed by atoms with Crippen LogP contribution in [0, 0.1) is 0 Å². The second-order valence-corrected chi connectivity index (χ2v) is 9.71. The smallest absolute Gasteiger partial charge is 0.141 e. The largest absolute Gasteiger partial charge is 0.287 e. The van der Waals surface area contributed by atoms with E-state index in [9.17, 15) is 4.21 Å². The van der Waals surface area contributed by atoms with Crippen LogP contribution in [0.25, 0.3) is 0 Å². The first-order valence-electron chi connectivity index (χ1n) is 8.84. The Morgan fingerprint density at radius 3 is 1.62 bits per heavy atom. The van der Waals surface area contributed by atoms with Gasteiger partial charge in [0.1, 0.15) is 8.77 Å². The minimum atomic E-state index is -2.46. The van der Waals surface area contributed by atoms with Crippen LogP contribution in [0.15, 0.2) is 0 Å². The Kier molecular flexibility index (Phi) is 14.2. The molecule has 2 nitrogen and oxygen atoms in total. The van der Waals surface area contributed by atoms with E-state index in [4.69, 9.17) is 15.4 Å². The zero-order chi connectivity index (χ0) is 16.0. The first-order valence-corrected chi connectivity index (χ1v) is 11.7. The van der Waals surface area contributed by atoms with Gasteiger partial charge in [-0.15, -0.1) is 0 Å². The van der Waals surface area contributed by atoms with Crippen molar-refractivity contribution in [1.82, 2.24) is 0 Å². The van der Waals surface area contributed by atoms with E-state index in [2.05, 4.69) is 6.92 Å². The Bertz CT molecular complexity index is 313. The van der Waals surface area contributed by atoms with E-state index < -0.39 is 8.77 Å². The summed E-state index contributed by atoms with van der Waals surface area (Å²) in [4.78, 5) is 0. The van der Waals surface area contributed by atoms with Crippen LogP contribution < -0.4 is 0 Å². The van der Waals surface area contributed by atoms with Crippen LogP contribution in [-0.4, -0.2) is 16.6 Å².